The van der Waals surface area contributed by atoms with Crippen LogP contribution in [0, 0.1) is 0 Å². The smallest absolute Gasteiger partial charge is 0.273 e. The summed E-state index contributed by atoms with van der Waals surface area (Å²) in [6.45, 7) is 5.45. The number of nitrogens with zero attached hydrogens (tertiary/aromatic N) is 4. The van der Waals surface area contributed by atoms with Gasteiger partial charge < -0.3 is 9.42 Å². The molecule has 0 aromatic carbocycles. The highest BCUT2D eigenvalue weighted by molar-refractivity contribution is 7.07. The lowest BCUT2D eigenvalue weighted by Crippen LogP contribution is -2.39. The fraction of sp³-hybridized carbons (Fsp3) is 0.571. The molecule has 7 heteroatoms. The maximum atomic E-state index is 12.4. The van der Waals surface area contributed by atoms with E-state index in [2.05, 4.69) is 15.1 Å². The van der Waals surface area contributed by atoms with Crippen LogP contribution in [0.15, 0.2) is 15.4 Å². The van der Waals surface area contributed by atoms with Crippen LogP contribution in [0.5, 0.6) is 0 Å². The summed E-state index contributed by atoms with van der Waals surface area (Å²) in [6, 6.07) is 0. The van der Waals surface area contributed by atoms with Gasteiger partial charge in [0.2, 0.25) is 5.89 Å². The zero-order valence-electron chi connectivity index (χ0n) is 12.2. The van der Waals surface area contributed by atoms with Crippen molar-refractivity contribution in [3.05, 3.63) is 28.3 Å². The molecule has 1 unspecified atom stereocenters. The van der Waals surface area contributed by atoms with Crippen LogP contribution in [-0.4, -0.2) is 39.0 Å². The number of aromatic nitrogens is 3. The van der Waals surface area contributed by atoms with Crippen molar-refractivity contribution in [3.63, 3.8) is 0 Å². The number of hydrogen-bond acceptors (Lipinski definition) is 6. The van der Waals surface area contributed by atoms with Crippen LogP contribution in [0.1, 0.15) is 60.7 Å². The molecule has 0 saturated carbocycles. The molecule has 1 atom stereocenters. The van der Waals surface area contributed by atoms with Crippen molar-refractivity contribution in [2.45, 2.75) is 38.5 Å². The van der Waals surface area contributed by atoms with Gasteiger partial charge in [-0.05, 0) is 12.8 Å². The second kappa shape index (κ2) is 5.93. The zero-order valence-corrected chi connectivity index (χ0v) is 13.0. The molecule has 1 aliphatic rings. The summed E-state index contributed by atoms with van der Waals surface area (Å²) >= 11 is 1.44. The highest BCUT2D eigenvalue weighted by Gasteiger charge is 2.29. The summed E-state index contributed by atoms with van der Waals surface area (Å²) in [5.74, 6) is 1.75. The number of hydrogen-bond donors (Lipinski definition) is 0. The third-order valence-electron chi connectivity index (χ3n) is 3.68. The first kappa shape index (κ1) is 14.2. The molecule has 1 amide bonds. The van der Waals surface area contributed by atoms with Gasteiger partial charge in [-0.2, -0.15) is 4.98 Å². The number of carbonyl (C=O) groups is 1. The largest absolute Gasteiger partial charge is 0.339 e. The van der Waals surface area contributed by atoms with Gasteiger partial charge >= 0.3 is 0 Å². The lowest BCUT2D eigenvalue weighted by Gasteiger charge is -2.30. The quantitative estimate of drug-likeness (QED) is 0.871. The Morgan fingerprint density at radius 3 is 3.05 bits per heavy atom. The first-order chi connectivity index (χ1) is 10.1. The normalized spacial score (nSPS) is 19.2. The van der Waals surface area contributed by atoms with Crippen LogP contribution < -0.4 is 0 Å². The lowest BCUT2D eigenvalue weighted by molar-refractivity contribution is 0.0698. The molecule has 0 radical (unpaired) electrons. The first-order valence-electron chi connectivity index (χ1n) is 7.16. The van der Waals surface area contributed by atoms with Crippen molar-refractivity contribution >= 4 is 17.2 Å². The third-order valence-corrected chi connectivity index (χ3v) is 4.26. The van der Waals surface area contributed by atoms with Gasteiger partial charge in [0.25, 0.3) is 5.91 Å². The van der Waals surface area contributed by atoms with Crippen LogP contribution in [0.2, 0.25) is 0 Å². The molecule has 3 heterocycles. The molecule has 21 heavy (non-hydrogen) atoms. The van der Waals surface area contributed by atoms with E-state index in [1.165, 1.54) is 11.3 Å². The van der Waals surface area contributed by atoms with Crippen LogP contribution in [-0.2, 0) is 0 Å². The van der Waals surface area contributed by atoms with Gasteiger partial charge in [-0.1, -0.05) is 19.0 Å². The number of likely N-dealkylation sites (tertiary alicyclic amines) is 1. The number of piperidine rings is 1. The van der Waals surface area contributed by atoms with Gasteiger partial charge in [-0.3, -0.25) is 4.79 Å². The summed E-state index contributed by atoms with van der Waals surface area (Å²) in [4.78, 5) is 22.8. The second-order valence-corrected chi connectivity index (χ2v) is 6.33. The minimum atomic E-state index is -0.00599. The summed E-state index contributed by atoms with van der Waals surface area (Å²) in [5, 5.41) is 5.87. The molecule has 2 aromatic rings. The zero-order chi connectivity index (χ0) is 14.8. The molecule has 3 rings (SSSR count). The van der Waals surface area contributed by atoms with E-state index in [1.807, 2.05) is 18.7 Å². The standard InChI is InChI=1S/C14H18N4O2S/c1-9(2)13-16-12(17-20-13)10-4-3-5-18(6-10)14(19)11-7-21-8-15-11/h7-10H,3-6H2,1-2H3. The van der Waals surface area contributed by atoms with Gasteiger partial charge in [-0.15, -0.1) is 11.3 Å². The van der Waals surface area contributed by atoms with Crippen LogP contribution in [0.3, 0.4) is 0 Å². The predicted octanol–water partition coefficient (Wildman–Crippen LogP) is 2.67. The van der Waals surface area contributed by atoms with E-state index in [0.29, 0.717) is 18.1 Å². The van der Waals surface area contributed by atoms with Gasteiger partial charge in [0, 0.05) is 30.3 Å². The summed E-state index contributed by atoms with van der Waals surface area (Å²) in [7, 11) is 0. The average Bonchev–Trinajstić information content (AvgIpc) is 3.18. The molecule has 0 spiro atoms. The Balaban J connectivity index is 1.72. The van der Waals surface area contributed by atoms with E-state index in [0.717, 1.165) is 25.2 Å². The minimum Gasteiger partial charge on any atom is -0.339 e. The van der Waals surface area contributed by atoms with Crippen LogP contribution in [0.25, 0.3) is 0 Å². The number of rotatable bonds is 3. The van der Waals surface area contributed by atoms with Crippen molar-refractivity contribution in [2.75, 3.05) is 13.1 Å². The average molecular weight is 306 g/mol. The molecular weight excluding hydrogens is 288 g/mol. The molecule has 2 aromatic heterocycles. The Hall–Kier alpha value is -1.76. The van der Waals surface area contributed by atoms with Crippen molar-refractivity contribution < 1.29 is 9.32 Å². The maximum Gasteiger partial charge on any atom is 0.273 e. The Labute approximate surface area is 127 Å². The molecule has 0 N–H and O–H groups in total. The maximum absolute atomic E-state index is 12.4. The molecule has 0 bridgehead atoms. The SMILES string of the molecule is CC(C)c1nc(C2CCCN(C(=O)c3cscn3)C2)no1. The van der Waals surface area contributed by atoms with Crippen LogP contribution >= 0.6 is 11.3 Å². The Morgan fingerprint density at radius 1 is 1.52 bits per heavy atom. The lowest BCUT2D eigenvalue weighted by atomic mass is 9.97. The summed E-state index contributed by atoms with van der Waals surface area (Å²) in [6.07, 6.45) is 1.93. The third kappa shape index (κ3) is 2.97. The van der Waals surface area contributed by atoms with Crippen LogP contribution in [0.4, 0.5) is 0 Å². The summed E-state index contributed by atoms with van der Waals surface area (Å²) < 4.78 is 5.27. The Bertz CT molecular complexity index is 608. The van der Waals surface area contributed by atoms with E-state index in [9.17, 15) is 4.79 Å². The van der Waals surface area contributed by atoms with Gasteiger partial charge in [0.05, 0.1) is 5.51 Å². The molecule has 112 valence electrons. The van der Waals surface area contributed by atoms with Crippen molar-refractivity contribution in [2.24, 2.45) is 0 Å². The van der Waals surface area contributed by atoms with Gasteiger partial charge in [0.1, 0.15) is 5.69 Å². The van der Waals surface area contributed by atoms with Crippen molar-refractivity contribution in [1.82, 2.24) is 20.0 Å². The fourth-order valence-corrected chi connectivity index (χ4v) is 3.03. The molecule has 1 aliphatic heterocycles. The second-order valence-electron chi connectivity index (χ2n) is 5.61. The molecular formula is C14H18N4O2S. The van der Waals surface area contributed by atoms with E-state index >= 15 is 0 Å². The molecule has 1 fully saturated rings. The van der Waals surface area contributed by atoms with E-state index in [4.69, 9.17) is 4.52 Å². The first-order valence-corrected chi connectivity index (χ1v) is 8.10. The molecule has 0 aliphatic carbocycles. The number of carbonyl (C=O) groups excluding carboxylic acids is 1. The van der Waals surface area contributed by atoms with Crippen molar-refractivity contribution in [1.29, 1.82) is 0 Å². The highest BCUT2D eigenvalue weighted by Crippen LogP contribution is 2.27. The minimum absolute atomic E-state index is 0.00599. The summed E-state index contributed by atoms with van der Waals surface area (Å²) in [5.41, 5.74) is 2.21. The van der Waals surface area contributed by atoms with E-state index in [1.54, 1.807) is 10.9 Å². The van der Waals surface area contributed by atoms with Gasteiger partial charge in [0.15, 0.2) is 5.82 Å². The highest BCUT2D eigenvalue weighted by atomic mass is 32.1. The monoisotopic (exact) mass is 306 g/mol. The topological polar surface area (TPSA) is 72.1 Å². The Morgan fingerprint density at radius 2 is 2.38 bits per heavy atom. The molecule has 1 saturated heterocycles. The molecule has 6 nitrogen and oxygen atoms in total. The van der Waals surface area contributed by atoms with E-state index in [-0.39, 0.29) is 17.7 Å². The number of amides is 1. The van der Waals surface area contributed by atoms with Gasteiger partial charge in [-0.25, -0.2) is 4.98 Å². The predicted molar refractivity (Wildman–Crippen MR) is 78.4 cm³/mol. The Kier molecular flexibility index (Phi) is 4.01. The number of thiazole rings is 1. The van der Waals surface area contributed by atoms with E-state index < -0.39 is 0 Å². The fourth-order valence-electron chi connectivity index (χ4n) is 2.50. The van der Waals surface area contributed by atoms with Crippen molar-refractivity contribution in [3.8, 4) is 0 Å².